The van der Waals surface area contributed by atoms with Gasteiger partial charge in [0.1, 0.15) is 23.4 Å². The van der Waals surface area contributed by atoms with Crippen molar-refractivity contribution in [1.82, 2.24) is 0 Å². The Morgan fingerprint density at radius 3 is 2.57 bits per heavy atom. The van der Waals surface area contributed by atoms with Crippen molar-refractivity contribution >= 4 is 11.8 Å². The number of allylic oxidation sites excluding steroid dienone is 5. The molecule has 0 radical (unpaired) electrons. The van der Waals surface area contributed by atoms with Crippen molar-refractivity contribution in [3.63, 3.8) is 0 Å². The predicted molar refractivity (Wildman–Crippen MR) is 169 cm³/mol. The van der Waals surface area contributed by atoms with Crippen molar-refractivity contribution in [3.05, 3.63) is 58.7 Å². The maximum atomic E-state index is 14.1. The molecule has 0 amide bonds. The van der Waals surface area contributed by atoms with Crippen LogP contribution in [0.15, 0.2) is 58.7 Å². The zero-order valence-corrected chi connectivity index (χ0v) is 27.8. The molecule has 1 N–H and O–H groups in total. The minimum atomic E-state index is -1.50. The van der Waals surface area contributed by atoms with Gasteiger partial charge in [0.2, 0.25) is 0 Å². The lowest BCUT2D eigenvalue weighted by Gasteiger charge is -2.49. The number of ketones is 1. The molecule has 3 saturated heterocycles. The molecule has 2 bridgehead atoms. The average molecular weight is 609 g/mol. The molecule has 0 aromatic heterocycles. The highest BCUT2D eigenvalue weighted by molar-refractivity contribution is 5.83. The second-order valence-corrected chi connectivity index (χ2v) is 14.6. The zero-order chi connectivity index (χ0) is 32.0. The Labute approximate surface area is 263 Å². The molecule has 7 nitrogen and oxygen atoms in total. The first-order valence-corrected chi connectivity index (χ1v) is 16.5. The van der Waals surface area contributed by atoms with E-state index in [0.29, 0.717) is 24.3 Å². The third-order valence-corrected chi connectivity index (χ3v) is 10.3. The molecule has 4 heterocycles. The molecule has 0 aromatic rings. The van der Waals surface area contributed by atoms with E-state index in [0.717, 1.165) is 17.6 Å². The summed E-state index contributed by atoms with van der Waals surface area (Å²) in [6.07, 6.45) is 12.8. The summed E-state index contributed by atoms with van der Waals surface area (Å²) >= 11 is 0. The normalized spacial score (nSPS) is 45.1. The number of ether oxygens (including phenoxy) is 4. The Morgan fingerprint density at radius 2 is 1.84 bits per heavy atom. The number of fused-ring (bicyclic) bond motifs is 2. The van der Waals surface area contributed by atoms with Crippen LogP contribution in [-0.4, -0.2) is 59.3 Å². The molecule has 242 valence electrons. The van der Waals surface area contributed by atoms with Gasteiger partial charge < -0.3 is 24.1 Å². The van der Waals surface area contributed by atoms with Gasteiger partial charge in [-0.15, -0.1) is 0 Å². The molecule has 1 unspecified atom stereocenters. The van der Waals surface area contributed by atoms with Crippen LogP contribution >= 0.6 is 0 Å². The van der Waals surface area contributed by atoms with Crippen LogP contribution in [0.5, 0.6) is 0 Å². The summed E-state index contributed by atoms with van der Waals surface area (Å²) in [7, 11) is 0. The SMILES string of the molecule is CC1=C[C@H]2C(=O)O[C@H]3C[C@@H](C/C=C(\C)C[C@@H](C)/C=C/C=C4\CO[C@H]([C@@H]1C)[C@@]42O)OC1(CC(=O)[C@H](C)[C@@H](/C(C)=C/C(C)C)O1)C3. The van der Waals surface area contributed by atoms with Crippen LogP contribution in [0.1, 0.15) is 87.5 Å². The molecule has 0 aromatic carbocycles. The standard InChI is InChI=1S/C37H52O7/c1-21(2)14-25(6)33-27(8)32(38)19-36(44-33)18-30-17-29(43-36)13-12-23(4)15-22(3)10-9-11-28-20-41-34-26(7)24(5)16-31(35(39)42-30)37(28,34)40/h9-12,14,16,21-22,26-27,29-31,33-34,40H,13,15,17-20H2,1-8H3/b10-9+,23-12+,25-14+,28-11+/t22-,26+,27-,29+,30-,31-,33+,34+,36?,37+/m0/s1. The molecule has 4 aliphatic heterocycles. The minimum Gasteiger partial charge on any atom is -0.462 e. The van der Waals surface area contributed by atoms with Crippen LogP contribution in [-0.2, 0) is 28.5 Å². The Morgan fingerprint density at radius 1 is 1.09 bits per heavy atom. The summed E-state index contributed by atoms with van der Waals surface area (Å²) in [5.41, 5.74) is 2.43. The summed E-state index contributed by atoms with van der Waals surface area (Å²) in [4.78, 5) is 27.6. The zero-order valence-electron chi connectivity index (χ0n) is 27.8. The Balaban J connectivity index is 1.53. The van der Waals surface area contributed by atoms with Crippen LogP contribution in [0, 0.1) is 29.6 Å². The lowest BCUT2D eigenvalue weighted by molar-refractivity contribution is -0.319. The summed E-state index contributed by atoms with van der Waals surface area (Å²) < 4.78 is 25.9. The Kier molecular flexibility index (Phi) is 9.63. The van der Waals surface area contributed by atoms with Crippen molar-refractivity contribution in [2.24, 2.45) is 29.6 Å². The molecular weight excluding hydrogens is 556 g/mol. The van der Waals surface area contributed by atoms with Gasteiger partial charge in [-0.25, -0.2) is 0 Å². The molecular formula is C37H52O7. The average Bonchev–Trinajstić information content (AvgIpc) is 3.27. The molecule has 5 aliphatic rings. The molecule has 1 spiro atoms. The van der Waals surface area contributed by atoms with Crippen molar-refractivity contribution < 1.29 is 33.6 Å². The number of Topliss-reactive ketones (excluding diaryl/α,β-unsaturated/α-hetero) is 1. The van der Waals surface area contributed by atoms with E-state index >= 15 is 0 Å². The highest BCUT2D eigenvalue weighted by Crippen LogP contribution is 2.49. The van der Waals surface area contributed by atoms with E-state index in [1.807, 2.05) is 45.9 Å². The number of carbonyl (C=O) groups excluding carboxylic acids is 2. The third kappa shape index (κ3) is 6.48. The van der Waals surface area contributed by atoms with Gasteiger partial charge in [-0.05, 0) is 56.6 Å². The van der Waals surface area contributed by atoms with Crippen LogP contribution in [0.3, 0.4) is 0 Å². The minimum absolute atomic E-state index is 0.0466. The van der Waals surface area contributed by atoms with Gasteiger partial charge in [0.15, 0.2) is 5.79 Å². The lowest BCUT2D eigenvalue weighted by atomic mass is 9.68. The molecule has 5 rings (SSSR count). The maximum absolute atomic E-state index is 14.1. The van der Waals surface area contributed by atoms with Crippen molar-refractivity contribution in [2.75, 3.05) is 6.61 Å². The summed E-state index contributed by atoms with van der Waals surface area (Å²) in [5.74, 6) is -2.24. The molecule has 44 heavy (non-hydrogen) atoms. The maximum Gasteiger partial charge on any atom is 0.316 e. The highest BCUT2D eigenvalue weighted by Gasteiger charge is 2.59. The molecule has 1 aliphatic carbocycles. The van der Waals surface area contributed by atoms with Crippen LogP contribution in [0.4, 0.5) is 0 Å². The van der Waals surface area contributed by atoms with E-state index in [-0.39, 0.29) is 49.1 Å². The van der Waals surface area contributed by atoms with Crippen molar-refractivity contribution in [1.29, 1.82) is 0 Å². The first-order chi connectivity index (χ1) is 20.7. The number of hydrogen-bond donors (Lipinski definition) is 1. The van der Waals surface area contributed by atoms with Gasteiger partial charge in [0.25, 0.3) is 0 Å². The monoisotopic (exact) mass is 608 g/mol. The number of carbonyl (C=O) groups is 2. The smallest absolute Gasteiger partial charge is 0.316 e. The third-order valence-electron chi connectivity index (χ3n) is 10.3. The van der Waals surface area contributed by atoms with Gasteiger partial charge in [0.05, 0.1) is 31.3 Å². The topological polar surface area (TPSA) is 91.3 Å². The number of aliphatic hydroxyl groups is 1. The van der Waals surface area contributed by atoms with Gasteiger partial charge in [-0.3, -0.25) is 9.59 Å². The Bertz CT molecular complexity index is 1290. The number of esters is 1. The predicted octanol–water partition coefficient (Wildman–Crippen LogP) is 6.57. The van der Waals surface area contributed by atoms with Gasteiger partial charge >= 0.3 is 5.97 Å². The van der Waals surface area contributed by atoms with E-state index < -0.39 is 41.6 Å². The highest BCUT2D eigenvalue weighted by atomic mass is 16.7. The van der Waals surface area contributed by atoms with Crippen molar-refractivity contribution in [2.45, 2.75) is 123 Å². The molecule has 10 atom stereocenters. The fourth-order valence-corrected chi connectivity index (χ4v) is 7.93. The van der Waals surface area contributed by atoms with Gasteiger partial charge in [0, 0.05) is 24.7 Å². The fourth-order valence-electron chi connectivity index (χ4n) is 7.93. The van der Waals surface area contributed by atoms with Crippen LogP contribution in [0.2, 0.25) is 0 Å². The number of rotatable bonds is 2. The molecule has 7 heteroatoms. The van der Waals surface area contributed by atoms with Gasteiger partial charge in [-0.2, -0.15) is 0 Å². The van der Waals surface area contributed by atoms with E-state index in [9.17, 15) is 14.7 Å². The molecule has 3 fully saturated rings. The van der Waals surface area contributed by atoms with Crippen LogP contribution < -0.4 is 0 Å². The van der Waals surface area contributed by atoms with Gasteiger partial charge in [-0.1, -0.05) is 82.2 Å². The van der Waals surface area contributed by atoms with Crippen LogP contribution in [0.25, 0.3) is 0 Å². The lowest BCUT2D eigenvalue weighted by Crippen LogP contribution is -2.58. The summed E-state index contributed by atoms with van der Waals surface area (Å²) in [6.45, 7) is 16.7. The second-order valence-electron chi connectivity index (χ2n) is 14.6. The second kappa shape index (κ2) is 12.8. The fraction of sp³-hybridized carbons (Fsp3) is 0.676. The van der Waals surface area contributed by atoms with E-state index in [1.54, 1.807) is 0 Å². The first kappa shape index (κ1) is 33.1. The first-order valence-electron chi connectivity index (χ1n) is 16.5. The largest absolute Gasteiger partial charge is 0.462 e. The molecule has 0 saturated carbocycles. The van der Waals surface area contributed by atoms with E-state index in [1.165, 1.54) is 5.57 Å². The van der Waals surface area contributed by atoms with E-state index in [2.05, 4.69) is 45.9 Å². The number of hydrogen-bond acceptors (Lipinski definition) is 7. The van der Waals surface area contributed by atoms with Crippen molar-refractivity contribution in [3.8, 4) is 0 Å². The Hall–Kier alpha value is -2.32. The quantitative estimate of drug-likeness (QED) is 0.280. The van der Waals surface area contributed by atoms with E-state index in [4.69, 9.17) is 18.9 Å². The summed E-state index contributed by atoms with van der Waals surface area (Å²) in [6, 6.07) is 0. The summed E-state index contributed by atoms with van der Waals surface area (Å²) in [5, 5.41) is 12.3.